The summed E-state index contributed by atoms with van der Waals surface area (Å²) in [4.78, 5) is 70.3. The maximum Gasteiger partial charge on any atom is 0.315 e. The third-order valence-electron chi connectivity index (χ3n) is 12.3. The molecule has 4 rings (SSSR count). The van der Waals surface area contributed by atoms with E-state index in [-0.39, 0.29) is 36.4 Å². The quantitative estimate of drug-likeness (QED) is 0.193. The van der Waals surface area contributed by atoms with E-state index in [0.717, 1.165) is 17.1 Å². The molecule has 2 heterocycles. The van der Waals surface area contributed by atoms with Crippen LogP contribution in [-0.2, 0) is 34.1 Å². The number of carbonyl (C=O) groups excluding carboxylic acids is 5. The van der Waals surface area contributed by atoms with Gasteiger partial charge < -0.3 is 30.9 Å². The molecule has 296 valence electrons. The van der Waals surface area contributed by atoms with Gasteiger partial charge in [-0.15, -0.1) is 0 Å². The molecular formula is C36H63N7O8S. The van der Waals surface area contributed by atoms with Crippen molar-refractivity contribution in [3.8, 4) is 0 Å². The topological polar surface area (TPSA) is 187 Å². The standard InChI is InChI=1S/C36H63N7O8S/c1-13-14-23(26(44)29(46)37-22-15-16-22)38-28(45)24-17-35(34(8,9)36(35)20-51-21-36)19-43(24)30(47)27(33(5,6)7)40-31(48)39-25(32(2,3)4)18-42(12)52(49,50)41(10)11/h22-25,27H,13-21H2,1-12H3,(H,37,46)(H,38,45)(H2,39,40,48)/t23-,24-,25+,27+,35+/m0/s1. The predicted octanol–water partition coefficient (Wildman–Crippen LogP) is 1.63. The SMILES string of the molecule is CCC[C@H](NC(=O)[C@@H]1C[C@@]2(CN1C(=O)[C@@H](NC(=O)N[C@H](CN(C)S(=O)(=O)N(C)C)C(C)(C)C)C(C)(C)C)C(C)(C)C21COC1)C(=O)C(=O)NC1CC1. The van der Waals surface area contributed by atoms with Gasteiger partial charge in [-0.1, -0.05) is 68.7 Å². The molecule has 2 saturated heterocycles. The second kappa shape index (κ2) is 14.4. The Balaban J connectivity index is 1.60. The summed E-state index contributed by atoms with van der Waals surface area (Å²) in [5.41, 5.74) is -2.23. The zero-order valence-electron chi connectivity index (χ0n) is 33.3. The van der Waals surface area contributed by atoms with Crippen molar-refractivity contribution in [1.29, 1.82) is 0 Å². The number of nitrogens with zero attached hydrogens (tertiary/aromatic N) is 3. The molecule has 4 N–H and O–H groups in total. The first-order chi connectivity index (χ1) is 23.8. The monoisotopic (exact) mass is 753 g/mol. The van der Waals surface area contributed by atoms with Crippen LogP contribution in [0.4, 0.5) is 4.79 Å². The van der Waals surface area contributed by atoms with Gasteiger partial charge in [0.1, 0.15) is 12.1 Å². The number of hydrogen-bond donors (Lipinski definition) is 4. The first kappa shape index (κ1) is 41.9. The van der Waals surface area contributed by atoms with Crippen LogP contribution in [0, 0.1) is 27.1 Å². The summed E-state index contributed by atoms with van der Waals surface area (Å²) >= 11 is 0. The highest BCUT2D eigenvalue weighted by atomic mass is 32.2. The van der Waals surface area contributed by atoms with Crippen molar-refractivity contribution in [3.05, 3.63) is 0 Å². The van der Waals surface area contributed by atoms with Gasteiger partial charge in [0.15, 0.2) is 0 Å². The third-order valence-corrected chi connectivity index (χ3v) is 14.1. The Bertz CT molecular complexity index is 1530. The number of fused-ring (bicyclic) bond motifs is 1. The number of ketones is 1. The fraction of sp³-hybridized carbons (Fsp3) is 0.861. The largest absolute Gasteiger partial charge is 0.380 e. The number of amides is 5. The molecule has 0 aromatic rings. The molecule has 5 atom stereocenters. The van der Waals surface area contributed by atoms with Crippen molar-refractivity contribution in [2.24, 2.45) is 27.1 Å². The Morgan fingerprint density at radius 3 is 1.94 bits per heavy atom. The van der Waals surface area contributed by atoms with Crippen molar-refractivity contribution in [2.45, 2.75) is 125 Å². The number of ether oxygens (including phenoxy) is 1. The Hall–Kier alpha value is -2.82. The lowest BCUT2D eigenvalue weighted by Gasteiger charge is -2.38. The molecule has 16 heteroatoms. The minimum Gasteiger partial charge on any atom is -0.380 e. The van der Waals surface area contributed by atoms with Crippen molar-refractivity contribution in [1.82, 2.24) is 34.8 Å². The van der Waals surface area contributed by atoms with Crippen LogP contribution in [0.1, 0.15) is 94.4 Å². The molecule has 4 aliphatic rings. The predicted molar refractivity (Wildman–Crippen MR) is 196 cm³/mol. The number of carbonyl (C=O) groups is 5. The molecule has 0 bridgehead atoms. The number of urea groups is 1. The van der Waals surface area contributed by atoms with Gasteiger partial charge in [0.05, 0.1) is 19.3 Å². The van der Waals surface area contributed by atoms with Gasteiger partial charge in [0, 0.05) is 57.1 Å². The van der Waals surface area contributed by atoms with Crippen LogP contribution >= 0.6 is 0 Å². The molecule has 2 spiro atoms. The summed E-state index contributed by atoms with van der Waals surface area (Å²) in [6.45, 7) is 18.6. The van der Waals surface area contributed by atoms with Gasteiger partial charge >= 0.3 is 6.03 Å². The minimum absolute atomic E-state index is 0.0140. The zero-order chi connectivity index (χ0) is 39.4. The number of likely N-dealkylation sites (tertiary alicyclic amines) is 1. The lowest BCUT2D eigenvalue weighted by Crippen LogP contribution is -2.62. The van der Waals surface area contributed by atoms with Crippen LogP contribution in [0.3, 0.4) is 0 Å². The number of Topliss-reactive ketones (excluding diaryl/α,β-unsaturated/α-hetero) is 1. The fourth-order valence-electron chi connectivity index (χ4n) is 8.15. The molecule has 52 heavy (non-hydrogen) atoms. The van der Waals surface area contributed by atoms with Crippen LogP contribution in [0.2, 0.25) is 0 Å². The lowest BCUT2D eigenvalue weighted by molar-refractivity contribution is -0.144. The van der Waals surface area contributed by atoms with E-state index in [9.17, 15) is 32.4 Å². The van der Waals surface area contributed by atoms with Crippen LogP contribution in [0.25, 0.3) is 0 Å². The van der Waals surface area contributed by atoms with Crippen molar-refractivity contribution in [2.75, 3.05) is 47.4 Å². The molecule has 0 aromatic carbocycles. The molecule has 5 amide bonds. The average Bonchev–Trinajstić information content (AvgIpc) is 3.82. The summed E-state index contributed by atoms with van der Waals surface area (Å²) in [6, 6.07) is -4.36. The van der Waals surface area contributed by atoms with E-state index >= 15 is 0 Å². The highest BCUT2D eigenvalue weighted by Crippen LogP contribution is 2.84. The Kier molecular flexibility index (Phi) is 11.6. The molecule has 2 saturated carbocycles. The maximum atomic E-state index is 14.8. The van der Waals surface area contributed by atoms with E-state index in [1.54, 1.807) is 4.90 Å². The van der Waals surface area contributed by atoms with Crippen LogP contribution in [0.15, 0.2) is 0 Å². The third kappa shape index (κ3) is 7.72. The van der Waals surface area contributed by atoms with Gasteiger partial charge in [-0.2, -0.15) is 17.0 Å². The second-order valence-electron chi connectivity index (χ2n) is 18.3. The molecular weight excluding hydrogens is 691 g/mol. The minimum atomic E-state index is -3.76. The highest BCUT2D eigenvalue weighted by Gasteiger charge is 2.86. The first-order valence-corrected chi connectivity index (χ1v) is 19.9. The average molecular weight is 754 g/mol. The normalized spacial score (nSPS) is 25.3. The van der Waals surface area contributed by atoms with E-state index in [2.05, 4.69) is 35.1 Å². The smallest absolute Gasteiger partial charge is 0.315 e. The van der Waals surface area contributed by atoms with E-state index in [0.29, 0.717) is 26.1 Å². The van der Waals surface area contributed by atoms with Gasteiger partial charge in [0.25, 0.3) is 16.1 Å². The Morgan fingerprint density at radius 2 is 1.50 bits per heavy atom. The Morgan fingerprint density at radius 1 is 0.904 bits per heavy atom. The Labute approximate surface area is 310 Å². The van der Waals surface area contributed by atoms with Crippen molar-refractivity contribution in [3.63, 3.8) is 0 Å². The summed E-state index contributed by atoms with van der Waals surface area (Å²) in [7, 11) is 0.558. The van der Waals surface area contributed by atoms with Crippen LogP contribution in [0.5, 0.6) is 0 Å². The highest BCUT2D eigenvalue weighted by molar-refractivity contribution is 7.86. The van der Waals surface area contributed by atoms with E-state index < -0.39 is 80.2 Å². The van der Waals surface area contributed by atoms with E-state index in [1.807, 2.05) is 48.5 Å². The molecule has 0 aromatic heterocycles. The fourth-order valence-corrected chi connectivity index (χ4v) is 9.05. The molecule has 4 fully saturated rings. The number of rotatable bonds is 14. The molecule has 0 radical (unpaired) electrons. The summed E-state index contributed by atoms with van der Waals surface area (Å²) < 4.78 is 33.5. The van der Waals surface area contributed by atoms with Crippen LogP contribution < -0.4 is 21.3 Å². The summed E-state index contributed by atoms with van der Waals surface area (Å²) in [6.07, 6.45) is 2.81. The molecule has 15 nitrogen and oxygen atoms in total. The second-order valence-corrected chi connectivity index (χ2v) is 20.6. The zero-order valence-corrected chi connectivity index (χ0v) is 34.1. The van der Waals surface area contributed by atoms with Gasteiger partial charge in [-0.25, -0.2) is 4.79 Å². The maximum absolute atomic E-state index is 14.8. The number of nitrogens with one attached hydrogen (secondary N) is 4. The van der Waals surface area contributed by atoms with Crippen molar-refractivity contribution >= 4 is 39.7 Å². The molecule has 2 aliphatic carbocycles. The number of likely N-dealkylation sites (N-methyl/N-ethyl adjacent to an activating group) is 1. The molecule has 0 unspecified atom stereocenters. The van der Waals surface area contributed by atoms with E-state index in [4.69, 9.17) is 4.74 Å². The summed E-state index contributed by atoms with van der Waals surface area (Å²) in [5, 5.41) is 11.4. The van der Waals surface area contributed by atoms with Crippen LogP contribution in [-0.4, -0.2) is 129 Å². The van der Waals surface area contributed by atoms with Crippen molar-refractivity contribution < 1.29 is 37.1 Å². The molecule has 2 aliphatic heterocycles. The van der Waals surface area contributed by atoms with Gasteiger partial charge in [-0.05, 0) is 41.9 Å². The first-order valence-electron chi connectivity index (χ1n) is 18.5. The van der Waals surface area contributed by atoms with Gasteiger partial charge in [-0.3, -0.25) is 19.2 Å². The number of hydrogen-bond acceptors (Lipinski definition) is 8. The summed E-state index contributed by atoms with van der Waals surface area (Å²) in [5.74, 6) is -2.37. The van der Waals surface area contributed by atoms with E-state index in [1.165, 1.54) is 25.4 Å². The lowest BCUT2D eigenvalue weighted by atomic mass is 9.85. The van der Waals surface area contributed by atoms with Gasteiger partial charge in [0.2, 0.25) is 17.6 Å².